The van der Waals surface area contributed by atoms with Gasteiger partial charge in [0.1, 0.15) is 0 Å². The van der Waals surface area contributed by atoms with Gasteiger partial charge in [0.05, 0.1) is 0 Å². The number of aliphatic hydroxyl groups is 1. The zero-order valence-corrected chi connectivity index (χ0v) is 5.52. The molecule has 2 unspecified atom stereocenters. The minimum Gasteiger partial charge on any atom is -0.382 e. The third kappa shape index (κ3) is 2.53. The summed E-state index contributed by atoms with van der Waals surface area (Å²) in [6, 6.07) is -1.21. The summed E-state index contributed by atoms with van der Waals surface area (Å²) < 4.78 is 34.7. The Hall–Kier alpha value is -0.290. The molecule has 0 bridgehead atoms. The molecule has 0 aliphatic carbocycles. The van der Waals surface area contributed by atoms with Crippen molar-refractivity contribution in [1.82, 2.24) is 0 Å². The summed E-state index contributed by atoms with van der Waals surface area (Å²) in [6.45, 7) is 1.49. The zero-order valence-electron chi connectivity index (χ0n) is 5.52. The molecule has 0 heterocycles. The summed E-state index contributed by atoms with van der Waals surface area (Å²) in [5.74, 6) is 0. The van der Waals surface area contributed by atoms with E-state index in [1.165, 1.54) is 6.92 Å². The lowest BCUT2D eigenvalue weighted by atomic mass is 10.1. The van der Waals surface area contributed by atoms with Crippen LogP contribution in [0.1, 0.15) is 13.3 Å². The lowest BCUT2D eigenvalue weighted by molar-refractivity contribution is -0.209. The topological polar surface area (TPSA) is 46.2 Å². The third-order valence-corrected chi connectivity index (χ3v) is 1.21. The molecule has 2 atom stereocenters. The normalized spacial score (nSPS) is 18.6. The van der Waals surface area contributed by atoms with E-state index in [4.69, 9.17) is 10.8 Å². The molecular formula is C5H10F3NO. The fourth-order valence-electron chi connectivity index (χ4n) is 0.466. The van der Waals surface area contributed by atoms with Crippen molar-refractivity contribution < 1.29 is 18.3 Å². The van der Waals surface area contributed by atoms with Crippen molar-refractivity contribution in [2.75, 3.05) is 0 Å². The number of rotatable bonds is 2. The van der Waals surface area contributed by atoms with Gasteiger partial charge in [-0.25, -0.2) is 0 Å². The highest BCUT2D eigenvalue weighted by Gasteiger charge is 2.41. The Morgan fingerprint density at radius 1 is 1.50 bits per heavy atom. The summed E-state index contributed by atoms with van der Waals surface area (Å²) >= 11 is 0. The van der Waals surface area contributed by atoms with Crippen molar-refractivity contribution >= 4 is 0 Å². The van der Waals surface area contributed by atoms with E-state index in [1.807, 2.05) is 0 Å². The van der Waals surface area contributed by atoms with Crippen LogP contribution in [0, 0.1) is 0 Å². The van der Waals surface area contributed by atoms with Crippen LogP contribution >= 0.6 is 0 Å². The van der Waals surface area contributed by atoms with E-state index in [0.29, 0.717) is 0 Å². The maximum atomic E-state index is 11.6. The molecule has 0 amide bonds. The van der Waals surface area contributed by atoms with Crippen molar-refractivity contribution in [3.05, 3.63) is 0 Å². The lowest BCUT2D eigenvalue weighted by Gasteiger charge is -2.19. The molecule has 2 nitrogen and oxygen atoms in total. The van der Waals surface area contributed by atoms with Gasteiger partial charge < -0.3 is 10.8 Å². The van der Waals surface area contributed by atoms with Crippen molar-refractivity contribution in [1.29, 1.82) is 0 Å². The van der Waals surface area contributed by atoms with Gasteiger partial charge in [-0.05, 0) is 6.42 Å². The predicted molar refractivity (Wildman–Crippen MR) is 30.3 cm³/mol. The second kappa shape index (κ2) is 3.21. The summed E-state index contributed by atoms with van der Waals surface area (Å²) in [7, 11) is 0. The summed E-state index contributed by atoms with van der Waals surface area (Å²) in [4.78, 5) is 0. The van der Waals surface area contributed by atoms with Crippen LogP contribution in [0.4, 0.5) is 13.2 Å². The molecule has 62 valence electrons. The molecule has 0 aliphatic rings. The molecular weight excluding hydrogens is 147 g/mol. The largest absolute Gasteiger partial charge is 0.415 e. The molecule has 0 saturated carbocycles. The van der Waals surface area contributed by atoms with Gasteiger partial charge >= 0.3 is 6.18 Å². The monoisotopic (exact) mass is 157 g/mol. The van der Waals surface area contributed by atoms with Gasteiger partial charge in [-0.15, -0.1) is 0 Å². The number of alkyl halides is 3. The first-order chi connectivity index (χ1) is 4.39. The first kappa shape index (κ1) is 9.71. The zero-order chi connectivity index (χ0) is 8.36. The average molecular weight is 157 g/mol. The van der Waals surface area contributed by atoms with Gasteiger partial charge in [-0.1, -0.05) is 6.92 Å². The standard InChI is InChI=1S/C5H10F3NO/c1-2-3(9)4(10)5(6,7)8/h3-4,10H,2,9H2,1H3. The minimum atomic E-state index is -4.59. The van der Waals surface area contributed by atoms with Gasteiger partial charge in [0.25, 0.3) is 0 Å². The van der Waals surface area contributed by atoms with Crippen LogP contribution < -0.4 is 5.73 Å². The van der Waals surface area contributed by atoms with E-state index in [1.54, 1.807) is 0 Å². The highest BCUT2D eigenvalue weighted by molar-refractivity contribution is 4.76. The lowest BCUT2D eigenvalue weighted by Crippen LogP contribution is -2.44. The molecule has 5 heteroatoms. The first-order valence-corrected chi connectivity index (χ1v) is 2.90. The summed E-state index contributed by atoms with van der Waals surface area (Å²) in [5, 5.41) is 8.40. The maximum Gasteiger partial charge on any atom is 0.415 e. The van der Waals surface area contributed by atoms with Gasteiger partial charge in [0.15, 0.2) is 6.10 Å². The van der Waals surface area contributed by atoms with E-state index >= 15 is 0 Å². The Labute approximate surface area is 56.8 Å². The number of aliphatic hydroxyl groups excluding tert-OH is 1. The minimum absolute atomic E-state index is 0.112. The number of nitrogens with two attached hydrogens (primary N) is 1. The Kier molecular flexibility index (Phi) is 3.11. The van der Waals surface area contributed by atoms with E-state index < -0.39 is 18.3 Å². The Morgan fingerprint density at radius 2 is 1.90 bits per heavy atom. The van der Waals surface area contributed by atoms with Gasteiger partial charge in [-0.3, -0.25) is 0 Å². The van der Waals surface area contributed by atoms with E-state index in [2.05, 4.69) is 0 Å². The van der Waals surface area contributed by atoms with Gasteiger partial charge in [0, 0.05) is 6.04 Å². The molecule has 0 aromatic heterocycles. The van der Waals surface area contributed by atoms with Crippen LogP contribution in [-0.4, -0.2) is 23.4 Å². The molecule has 3 N–H and O–H groups in total. The molecule has 0 radical (unpaired) electrons. The highest BCUT2D eigenvalue weighted by atomic mass is 19.4. The third-order valence-electron chi connectivity index (χ3n) is 1.21. The Morgan fingerprint density at radius 3 is 2.00 bits per heavy atom. The van der Waals surface area contributed by atoms with Crippen LogP contribution in [0.3, 0.4) is 0 Å². The van der Waals surface area contributed by atoms with Crippen LogP contribution in [0.15, 0.2) is 0 Å². The maximum absolute atomic E-state index is 11.6. The van der Waals surface area contributed by atoms with Crippen molar-refractivity contribution in [3.8, 4) is 0 Å². The van der Waals surface area contributed by atoms with Gasteiger partial charge in [-0.2, -0.15) is 13.2 Å². The van der Waals surface area contributed by atoms with E-state index in [-0.39, 0.29) is 6.42 Å². The van der Waals surface area contributed by atoms with Crippen LogP contribution in [-0.2, 0) is 0 Å². The summed E-state index contributed by atoms with van der Waals surface area (Å²) in [5.41, 5.74) is 4.93. The average Bonchev–Trinajstić information content (AvgIpc) is 1.83. The van der Waals surface area contributed by atoms with Crippen LogP contribution in [0.5, 0.6) is 0 Å². The molecule has 0 spiro atoms. The molecule has 0 rings (SSSR count). The molecule has 0 saturated heterocycles. The highest BCUT2D eigenvalue weighted by Crippen LogP contribution is 2.22. The molecule has 10 heavy (non-hydrogen) atoms. The van der Waals surface area contributed by atoms with Gasteiger partial charge in [0.2, 0.25) is 0 Å². The number of hydrogen-bond donors (Lipinski definition) is 2. The quantitative estimate of drug-likeness (QED) is 0.618. The number of hydrogen-bond acceptors (Lipinski definition) is 2. The first-order valence-electron chi connectivity index (χ1n) is 2.90. The van der Waals surface area contributed by atoms with E-state index in [9.17, 15) is 13.2 Å². The van der Waals surface area contributed by atoms with E-state index in [0.717, 1.165) is 0 Å². The van der Waals surface area contributed by atoms with Crippen molar-refractivity contribution in [3.63, 3.8) is 0 Å². The van der Waals surface area contributed by atoms with Crippen molar-refractivity contribution in [2.24, 2.45) is 5.73 Å². The van der Waals surface area contributed by atoms with Crippen molar-refractivity contribution in [2.45, 2.75) is 31.7 Å². The molecule has 0 aliphatic heterocycles. The number of halogens is 3. The van der Waals surface area contributed by atoms with Crippen LogP contribution in [0.2, 0.25) is 0 Å². The smallest absolute Gasteiger partial charge is 0.382 e. The second-order valence-electron chi connectivity index (χ2n) is 2.06. The predicted octanol–water partition coefficient (Wildman–Crippen LogP) is 0.647. The second-order valence-corrected chi connectivity index (χ2v) is 2.06. The summed E-state index contributed by atoms with van der Waals surface area (Å²) in [6.07, 6.45) is -6.87. The fourth-order valence-corrected chi connectivity index (χ4v) is 0.466. The van der Waals surface area contributed by atoms with Crippen LogP contribution in [0.25, 0.3) is 0 Å². The molecule has 0 fully saturated rings. The molecule has 0 aromatic rings. The Balaban J connectivity index is 3.94. The molecule has 0 aromatic carbocycles. The fraction of sp³-hybridized carbons (Fsp3) is 1.00. The SMILES string of the molecule is CCC(N)C(O)C(F)(F)F. The Bertz CT molecular complexity index is 104.